The van der Waals surface area contributed by atoms with Crippen molar-refractivity contribution >= 4 is 11.9 Å². The Balaban J connectivity index is 2.75. The smallest absolute Gasteiger partial charge is 0.327 e. The Morgan fingerprint density at radius 3 is 2.82 bits per heavy atom. The highest BCUT2D eigenvalue weighted by atomic mass is 16.4. The zero-order chi connectivity index (χ0) is 8.27. The first-order valence-electron chi connectivity index (χ1n) is 3.20. The van der Waals surface area contributed by atoms with Crippen LogP contribution in [0, 0.1) is 0 Å². The molecule has 0 bridgehead atoms. The summed E-state index contributed by atoms with van der Waals surface area (Å²) < 4.78 is 0. The van der Waals surface area contributed by atoms with Crippen molar-refractivity contribution in [2.45, 2.75) is 6.04 Å². The van der Waals surface area contributed by atoms with Crippen LogP contribution in [0.4, 0.5) is 0 Å². The predicted octanol–water partition coefficient (Wildman–Crippen LogP) is -1.65. The van der Waals surface area contributed by atoms with Crippen LogP contribution in [-0.2, 0) is 9.59 Å². The van der Waals surface area contributed by atoms with E-state index in [0.717, 1.165) is 0 Å². The second kappa shape index (κ2) is 3.18. The highest BCUT2D eigenvalue weighted by molar-refractivity contribution is 5.81. The molecule has 0 spiro atoms. The molecule has 1 aliphatic rings. The van der Waals surface area contributed by atoms with E-state index >= 15 is 0 Å². The molecule has 5 nitrogen and oxygen atoms in total. The minimum Gasteiger partial charge on any atom is -0.480 e. The SMILES string of the molecule is O=C=C1NCCN[C@H]1C(=O)O. The van der Waals surface area contributed by atoms with E-state index in [-0.39, 0.29) is 5.70 Å². The van der Waals surface area contributed by atoms with Gasteiger partial charge in [0.1, 0.15) is 11.6 Å². The summed E-state index contributed by atoms with van der Waals surface area (Å²) in [7, 11) is 0. The van der Waals surface area contributed by atoms with Crippen LogP contribution in [0.1, 0.15) is 0 Å². The Bertz CT molecular complexity index is 220. The Morgan fingerprint density at radius 2 is 2.36 bits per heavy atom. The number of carbonyl (C=O) groups is 1. The van der Waals surface area contributed by atoms with Gasteiger partial charge < -0.3 is 10.4 Å². The highest BCUT2D eigenvalue weighted by Gasteiger charge is 2.25. The number of carboxylic acid groups (broad SMARTS) is 1. The third-order valence-electron chi connectivity index (χ3n) is 1.43. The number of piperazine rings is 1. The number of carboxylic acids is 1. The summed E-state index contributed by atoms with van der Waals surface area (Å²) in [6, 6.07) is -0.916. The lowest BCUT2D eigenvalue weighted by Gasteiger charge is -2.21. The molecule has 0 saturated carbocycles. The van der Waals surface area contributed by atoms with Gasteiger partial charge in [0.05, 0.1) is 0 Å². The van der Waals surface area contributed by atoms with Gasteiger partial charge in [0.25, 0.3) is 0 Å². The summed E-state index contributed by atoms with van der Waals surface area (Å²) in [6.45, 7) is 1.11. The van der Waals surface area contributed by atoms with Crippen LogP contribution < -0.4 is 10.6 Å². The molecule has 0 aromatic carbocycles. The quantitative estimate of drug-likeness (QED) is 0.396. The maximum Gasteiger partial charge on any atom is 0.327 e. The summed E-state index contributed by atoms with van der Waals surface area (Å²) in [5, 5.41) is 13.8. The number of rotatable bonds is 1. The fraction of sp³-hybridized carbons (Fsp3) is 0.500. The van der Waals surface area contributed by atoms with Gasteiger partial charge in [-0.25, -0.2) is 4.79 Å². The second-order valence-electron chi connectivity index (χ2n) is 2.17. The third kappa shape index (κ3) is 1.58. The second-order valence-corrected chi connectivity index (χ2v) is 2.17. The Hall–Kier alpha value is -1.32. The molecule has 5 heteroatoms. The maximum atomic E-state index is 10.4. The van der Waals surface area contributed by atoms with Gasteiger partial charge in [-0.2, -0.15) is 0 Å². The van der Waals surface area contributed by atoms with E-state index in [1.807, 2.05) is 0 Å². The van der Waals surface area contributed by atoms with Crippen molar-refractivity contribution < 1.29 is 14.7 Å². The van der Waals surface area contributed by atoms with Gasteiger partial charge in [0.2, 0.25) is 0 Å². The molecule has 11 heavy (non-hydrogen) atoms. The zero-order valence-corrected chi connectivity index (χ0v) is 5.76. The molecule has 1 saturated heterocycles. The molecule has 1 atom stereocenters. The van der Waals surface area contributed by atoms with Crippen LogP contribution in [0.15, 0.2) is 5.70 Å². The van der Waals surface area contributed by atoms with E-state index in [1.54, 1.807) is 5.94 Å². The fourth-order valence-electron chi connectivity index (χ4n) is 0.924. The van der Waals surface area contributed by atoms with Crippen LogP contribution in [0.2, 0.25) is 0 Å². The average Bonchev–Trinajstić information content (AvgIpc) is 2.04. The molecule has 1 fully saturated rings. The van der Waals surface area contributed by atoms with E-state index < -0.39 is 12.0 Å². The van der Waals surface area contributed by atoms with Crippen molar-refractivity contribution in [1.82, 2.24) is 10.6 Å². The Labute approximate surface area is 63.1 Å². The van der Waals surface area contributed by atoms with Crippen molar-refractivity contribution in [2.24, 2.45) is 0 Å². The standard InChI is InChI=1S/C6H8N2O3/c9-3-4-5(6(10)11)8-2-1-7-4/h5,7-8H,1-2H2,(H,10,11)/t5-/m1/s1. The highest BCUT2D eigenvalue weighted by Crippen LogP contribution is 1.97. The minimum atomic E-state index is -1.06. The van der Waals surface area contributed by atoms with Crippen LogP contribution >= 0.6 is 0 Å². The summed E-state index contributed by atoms with van der Waals surface area (Å²) in [5.74, 6) is 0.488. The number of carbonyl (C=O) groups excluding carboxylic acids is 1. The van der Waals surface area contributed by atoms with Gasteiger partial charge >= 0.3 is 5.97 Å². The van der Waals surface area contributed by atoms with Gasteiger partial charge in [0.15, 0.2) is 6.04 Å². The Morgan fingerprint density at radius 1 is 1.64 bits per heavy atom. The lowest BCUT2D eigenvalue weighted by Crippen LogP contribution is -2.50. The van der Waals surface area contributed by atoms with Crippen molar-refractivity contribution in [2.75, 3.05) is 13.1 Å². The first kappa shape index (κ1) is 7.78. The van der Waals surface area contributed by atoms with Crippen molar-refractivity contribution in [1.29, 1.82) is 0 Å². The van der Waals surface area contributed by atoms with Crippen LogP contribution in [0.25, 0.3) is 0 Å². The van der Waals surface area contributed by atoms with Crippen molar-refractivity contribution in [3.63, 3.8) is 0 Å². The molecule has 0 amide bonds. The molecule has 0 aromatic heterocycles. The normalized spacial score (nSPS) is 23.6. The van der Waals surface area contributed by atoms with Crippen molar-refractivity contribution in [3.8, 4) is 0 Å². The summed E-state index contributed by atoms with van der Waals surface area (Å²) >= 11 is 0. The monoisotopic (exact) mass is 156 g/mol. The molecule has 0 aliphatic carbocycles. The first-order valence-corrected chi connectivity index (χ1v) is 3.20. The summed E-state index contributed by atoms with van der Waals surface area (Å²) in [5.41, 5.74) is 0.0729. The Kier molecular flexibility index (Phi) is 2.25. The van der Waals surface area contributed by atoms with Crippen LogP contribution in [0.3, 0.4) is 0 Å². The minimum absolute atomic E-state index is 0.0729. The van der Waals surface area contributed by atoms with Gasteiger partial charge in [-0.3, -0.25) is 10.1 Å². The number of hydrogen-bond acceptors (Lipinski definition) is 4. The fourth-order valence-corrected chi connectivity index (χ4v) is 0.924. The molecule has 0 aromatic rings. The van der Waals surface area contributed by atoms with Crippen LogP contribution in [-0.4, -0.2) is 36.1 Å². The molecular formula is C6H8N2O3. The van der Waals surface area contributed by atoms with Gasteiger partial charge in [-0.15, -0.1) is 0 Å². The average molecular weight is 156 g/mol. The summed E-state index contributed by atoms with van der Waals surface area (Å²) in [4.78, 5) is 20.6. The molecule has 0 unspecified atom stereocenters. The van der Waals surface area contributed by atoms with E-state index in [1.165, 1.54) is 0 Å². The molecule has 1 rings (SSSR count). The van der Waals surface area contributed by atoms with Gasteiger partial charge in [-0.05, 0) is 0 Å². The van der Waals surface area contributed by atoms with Gasteiger partial charge in [0, 0.05) is 13.1 Å². The van der Waals surface area contributed by atoms with Gasteiger partial charge in [-0.1, -0.05) is 0 Å². The lowest BCUT2D eigenvalue weighted by molar-refractivity contribution is -0.138. The third-order valence-corrected chi connectivity index (χ3v) is 1.43. The maximum absolute atomic E-state index is 10.4. The number of aliphatic carboxylic acids is 1. The molecule has 60 valence electrons. The topological polar surface area (TPSA) is 78.4 Å². The number of hydrogen-bond donors (Lipinski definition) is 3. The molecule has 1 aliphatic heterocycles. The van der Waals surface area contributed by atoms with E-state index in [9.17, 15) is 9.59 Å². The first-order chi connectivity index (χ1) is 5.25. The van der Waals surface area contributed by atoms with Crippen molar-refractivity contribution in [3.05, 3.63) is 5.70 Å². The zero-order valence-electron chi connectivity index (χ0n) is 5.76. The largest absolute Gasteiger partial charge is 0.480 e. The summed E-state index contributed by atoms with van der Waals surface area (Å²) in [6.07, 6.45) is 0. The lowest BCUT2D eigenvalue weighted by atomic mass is 10.2. The molecule has 1 heterocycles. The predicted molar refractivity (Wildman–Crippen MR) is 36.6 cm³/mol. The van der Waals surface area contributed by atoms with E-state index in [4.69, 9.17) is 5.11 Å². The molecular weight excluding hydrogens is 148 g/mol. The van der Waals surface area contributed by atoms with Crippen LogP contribution in [0.5, 0.6) is 0 Å². The van der Waals surface area contributed by atoms with E-state index in [0.29, 0.717) is 13.1 Å². The molecule has 3 N–H and O–H groups in total. The molecule has 0 radical (unpaired) electrons. The number of nitrogens with one attached hydrogen (secondary N) is 2. The van der Waals surface area contributed by atoms with E-state index in [2.05, 4.69) is 10.6 Å².